The van der Waals surface area contributed by atoms with E-state index in [0.717, 1.165) is 39.7 Å². The third-order valence-corrected chi connectivity index (χ3v) is 5.46. The molecule has 0 aromatic carbocycles. The summed E-state index contributed by atoms with van der Waals surface area (Å²) in [5.41, 5.74) is 5.17. The Morgan fingerprint density at radius 2 is 1.93 bits per heavy atom. The number of pyridine rings is 1. The van der Waals surface area contributed by atoms with Crippen molar-refractivity contribution >= 4 is 23.0 Å². The van der Waals surface area contributed by atoms with Crippen LogP contribution in [0.1, 0.15) is 52.0 Å². The lowest BCUT2D eigenvalue weighted by Gasteiger charge is -2.26. The third-order valence-electron chi connectivity index (χ3n) is 5.46. The Balaban J connectivity index is 1.58. The van der Waals surface area contributed by atoms with Gasteiger partial charge >= 0.3 is 0 Å². The molecule has 0 aliphatic heterocycles. The van der Waals surface area contributed by atoms with Gasteiger partial charge in [-0.1, -0.05) is 6.92 Å². The molecule has 0 bridgehead atoms. The molecule has 0 atom stereocenters. The Hall–Kier alpha value is -2.76. The Labute approximate surface area is 166 Å². The number of hydrogen-bond acceptors (Lipinski definition) is 5. The maximum Gasteiger partial charge on any atom is 0.241 e. The molecule has 1 fully saturated rings. The van der Waals surface area contributed by atoms with E-state index in [-0.39, 0.29) is 0 Å². The minimum absolute atomic E-state index is 0.477. The molecule has 6 heteroatoms. The SMILES string of the molecule is CC(C)=Nc1ncc(-c2ccn3nc(NC4CCC(C)CC4)ncc23)cc1C. The van der Waals surface area contributed by atoms with Crippen molar-refractivity contribution < 1.29 is 0 Å². The van der Waals surface area contributed by atoms with Crippen LogP contribution < -0.4 is 5.32 Å². The average molecular weight is 377 g/mol. The summed E-state index contributed by atoms with van der Waals surface area (Å²) in [6, 6.07) is 4.67. The summed E-state index contributed by atoms with van der Waals surface area (Å²) in [6.07, 6.45) is 10.7. The van der Waals surface area contributed by atoms with Crippen molar-refractivity contribution in [3.8, 4) is 11.1 Å². The van der Waals surface area contributed by atoms with Crippen LogP contribution in [0.2, 0.25) is 0 Å². The number of aromatic nitrogens is 4. The second kappa shape index (κ2) is 7.70. The van der Waals surface area contributed by atoms with Gasteiger partial charge in [0.2, 0.25) is 5.95 Å². The van der Waals surface area contributed by atoms with Crippen LogP contribution in [0.5, 0.6) is 0 Å². The highest BCUT2D eigenvalue weighted by Gasteiger charge is 2.19. The lowest BCUT2D eigenvalue weighted by atomic mass is 9.87. The van der Waals surface area contributed by atoms with Crippen molar-refractivity contribution in [1.82, 2.24) is 19.6 Å². The largest absolute Gasteiger partial charge is 0.350 e. The van der Waals surface area contributed by atoms with Gasteiger partial charge in [-0.3, -0.25) is 0 Å². The van der Waals surface area contributed by atoms with Gasteiger partial charge in [-0.25, -0.2) is 19.5 Å². The van der Waals surface area contributed by atoms with E-state index in [1.165, 1.54) is 25.7 Å². The number of nitrogens with one attached hydrogen (secondary N) is 1. The molecule has 1 N–H and O–H groups in total. The van der Waals surface area contributed by atoms with Gasteiger partial charge in [-0.15, -0.1) is 5.10 Å². The predicted octanol–water partition coefficient (Wildman–Crippen LogP) is 5.20. The van der Waals surface area contributed by atoms with E-state index in [2.05, 4.69) is 44.4 Å². The number of rotatable bonds is 4. The molecule has 1 aliphatic rings. The summed E-state index contributed by atoms with van der Waals surface area (Å²) < 4.78 is 1.90. The fourth-order valence-electron chi connectivity index (χ4n) is 3.84. The zero-order valence-corrected chi connectivity index (χ0v) is 17.1. The van der Waals surface area contributed by atoms with Gasteiger partial charge in [0.1, 0.15) is 0 Å². The summed E-state index contributed by atoms with van der Waals surface area (Å²) in [5.74, 6) is 2.31. The summed E-state index contributed by atoms with van der Waals surface area (Å²) in [4.78, 5) is 13.6. The normalized spacial score (nSPS) is 19.6. The average Bonchev–Trinajstić information content (AvgIpc) is 3.08. The molecule has 3 aromatic rings. The van der Waals surface area contributed by atoms with Gasteiger partial charge in [-0.2, -0.15) is 0 Å². The van der Waals surface area contributed by atoms with E-state index >= 15 is 0 Å². The molecule has 0 radical (unpaired) electrons. The van der Waals surface area contributed by atoms with Gasteiger partial charge in [0.15, 0.2) is 5.82 Å². The Morgan fingerprint density at radius 1 is 1.14 bits per heavy atom. The van der Waals surface area contributed by atoms with Crippen LogP contribution in [-0.4, -0.2) is 31.3 Å². The van der Waals surface area contributed by atoms with Crippen molar-refractivity contribution in [2.24, 2.45) is 10.9 Å². The van der Waals surface area contributed by atoms with E-state index in [4.69, 9.17) is 0 Å². The van der Waals surface area contributed by atoms with Crippen LogP contribution in [0.25, 0.3) is 16.6 Å². The van der Waals surface area contributed by atoms with Gasteiger partial charge in [0.25, 0.3) is 0 Å². The van der Waals surface area contributed by atoms with Gasteiger partial charge in [0.05, 0.1) is 11.7 Å². The summed E-state index contributed by atoms with van der Waals surface area (Å²) >= 11 is 0. The molecule has 6 nitrogen and oxygen atoms in total. The first-order chi connectivity index (χ1) is 13.5. The van der Waals surface area contributed by atoms with E-state index in [9.17, 15) is 0 Å². The predicted molar refractivity (Wildman–Crippen MR) is 114 cm³/mol. The number of anilines is 1. The number of hydrogen-bond donors (Lipinski definition) is 1. The van der Waals surface area contributed by atoms with Crippen molar-refractivity contribution in [3.63, 3.8) is 0 Å². The first kappa shape index (κ1) is 18.6. The topological polar surface area (TPSA) is 67.5 Å². The molecule has 4 rings (SSSR count). The third kappa shape index (κ3) is 3.91. The Morgan fingerprint density at radius 3 is 2.64 bits per heavy atom. The van der Waals surface area contributed by atoms with Crippen molar-refractivity contribution in [3.05, 3.63) is 36.3 Å². The fourth-order valence-corrected chi connectivity index (χ4v) is 3.84. The quantitative estimate of drug-likeness (QED) is 0.635. The van der Waals surface area contributed by atoms with Crippen LogP contribution in [0.15, 0.2) is 35.7 Å². The zero-order chi connectivity index (χ0) is 19.7. The first-order valence-electron chi connectivity index (χ1n) is 10.1. The molecule has 28 heavy (non-hydrogen) atoms. The van der Waals surface area contributed by atoms with E-state index in [1.807, 2.05) is 43.9 Å². The number of fused-ring (bicyclic) bond motifs is 1. The van der Waals surface area contributed by atoms with Crippen molar-refractivity contribution in [2.45, 2.75) is 59.4 Å². The number of nitrogens with zero attached hydrogens (tertiary/aromatic N) is 5. The van der Waals surface area contributed by atoms with Crippen LogP contribution >= 0.6 is 0 Å². The highest BCUT2D eigenvalue weighted by atomic mass is 15.3. The number of aliphatic imine (C=N–C) groups is 1. The Kier molecular flexibility index (Phi) is 5.11. The van der Waals surface area contributed by atoms with Crippen LogP contribution in [0.3, 0.4) is 0 Å². The van der Waals surface area contributed by atoms with Crippen molar-refractivity contribution in [1.29, 1.82) is 0 Å². The fraction of sp³-hybridized carbons (Fsp3) is 0.455. The standard InChI is InChI=1S/C22H28N6/c1-14(2)25-21-16(4)11-17(12-23-21)19-9-10-28-20(19)13-24-22(27-28)26-18-7-5-15(3)6-8-18/h9-13,15,18H,5-8H2,1-4H3,(H,26,27). The molecule has 146 valence electrons. The lowest BCUT2D eigenvalue weighted by Crippen LogP contribution is -2.26. The highest BCUT2D eigenvalue weighted by molar-refractivity contribution is 5.83. The Bertz CT molecular complexity index is 1010. The maximum absolute atomic E-state index is 4.67. The minimum atomic E-state index is 0.477. The molecule has 0 unspecified atom stereocenters. The molecule has 0 spiro atoms. The smallest absolute Gasteiger partial charge is 0.241 e. The van der Waals surface area contributed by atoms with E-state index in [1.54, 1.807) is 0 Å². The number of aryl methyl sites for hydroxylation is 1. The van der Waals surface area contributed by atoms with Crippen LogP contribution in [0.4, 0.5) is 11.8 Å². The summed E-state index contributed by atoms with van der Waals surface area (Å²) in [7, 11) is 0. The molecule has 0 saturated heterocycles. The molecule has 3 heterocycles. The molecular weight excluding hydrogens is 348 g/mol. The zero-order valence-electron chi connectivity index (χ0n) is 17.1. The molecule has 0 amide bonds. The van der Waals surface area contributed by atoms with E-state index in [0.29, 0.717) is 12.0 Å². The lowest BCUT2D eigenvalue weighted by molar-refractivity contribution is 0.360. The second-order valence-corrected chi connectivity index (χ2v) is 8.17. The van der Waals surface area contributed by atoms with Crippen LogP contribution in [0, 0.1) is 12.8 Å². The van der Waals surface area contributed by atoms with Crippen molar-refractivity contribution in [2.75, 3.05) is 5.32 Å². The molecule has 3 aromatic heterocycles. The molecule has 1 saturated carbocycles. The van der Waals surface area contributed by atoms with Crippen LogP contribution in [-0.2, 0) is 0 Å². The van der Waals surface area contributed by atoms with Gasteiger partial charge in [-0.05, 0) is 70.1 Å². The summed E-state index contributed by atoms with van der Waals surface area (Å²) in [6.45, 7) is 8.33. The van der Waals surface area contributed by atoms with Gasteiger partial charge < -0.3 is 5.32 Å². The second-order valence-electron chi connectivity index (χ2n) is 8.17. The maximum atomic E-state index is 4.67. The minimum Gasteiger partial charge on any atom is -0.350 e. The molecule has 1 aliphatic carbocycles. The first-order valence-corrected chi connectivity index (χ1v) is 10.1. The monoisotopic (exact) mass is 376 g/mol. The van der Waals surface area contributed by atoms with Gasteiger partial charge in [0, 0.05) is 35.3 Å². The van der Waals surface area contributed by atoms with E-state index < -0.39 is 0 Å². The summed E-state index contributed by atoms with van der Waals surface area (Å²) in [5, 5.41) is 8.17. The molecular formula is C22H28N6. The highest BCUT2D eigenvalue weighted by Crippen LogP contribution is 2.29.